The lowest BCUT2D eigenvalue weighted by Gasteiger charge is -1.99. The predicted octanol–water partition coefficient (Wildman–Crippen LogP) is 3.15. The highest BCUT2D eigenvalue weighted by atomic mass is 79.9. The van der Waals surface area contributed by atoms with E-state index < -0.39 is 0 Å². The number of rotatable bonds is 2. The molecular formula is C9H11BrN2S. The van der Waals surface area contributed by atoms with Crippen LogP contribution in [0.4, 0.5) is 5.69 Å². The van der Waals surface area contributed by atoms with Crippen molar-refractivity contribution in [2.75, 3.05) is 5.75 Å². The Bertz CT molecular complexity index is 312. The maximum Gasteiger partial charge on any atom is 0.159 e. The van der Waals surface area contributed by atoms with Crippen LogP contribution in [0.3, 0.4) is 0 Å². The van der Waals surface area contributed by atoms with E-state index in [2.05, 4.69) is 20.9 Å². The third-order valence-corrected chi connectivity index (χ3v) is 2.72. The van der Waals surface area contributed by atoms with E-state index >= 15 is 0 Å². The Morgan fingerprint density at radius 2 is 2.23 bits per heavy atom. The van der Waals surface area contributed by atoms with E-state index in [0.717, 1.165) is 15.9 Å². The predicted molar refractivity (Wildman–Crippen MR) is 63.6 cm³/mol. The minimum absolute atomic E-state index is 0.606. The van der Waals surface area contributed by atoms with Crippen molar-refractivity contribution in [1.29, 1.82) is 0 Å². The van der Waals surface area contributed by atoms with Crippen LogP contribution in [0.15, 0.2) is 33.7 Å². The van der Waals surface area contributed by atoms with Crippen molar-refractivity contribution in [3.63, 3.8) is 0 Å². The van der Waals surface area contributed by atoms with E-state index in [1.54, 1.807) is 11.8 Å². The third-order valence-electron chi connectivity index (χ3n) is 1.38. The quantitative estimate of drug-likeness (QED) is 0.654. The van der Waals surface area contributed by atoms with E-state index in [9.17, 15) is 0 Å². The van der Waals surface area contributed by atoms with Crippen LogP contribution in [0.1, 0.15) is 6.92 Å². The molecule has 1 aromatic carbocycles. The van der Waals surface area contributed by atoms with E-state index in [1.165, 1.54) is 0 Å². The molecule has 1 rings (SSSR count). The van der Waals surface area contributed by atoms with Crippen LogP contribution < -0.4 is 5.73 Å². The van der Waals surface area contributed by atoms with Crippen LogP contribution in [0.5, 0.6) is 0 Å². The standard InChI is InChI=1S/C9H11BrN2S/c1-2-13-9(11)12-8-6-4-3-5-7(8)10/h3-6H,2H2,1H3,(H2,11,12). The number of thioether (sulfide) groups is 1. The molecule has 0 saturated heterocycles. The molecule has 0 radical (unpaired) electrons. The number of aliphatic imine (C=N–C) groups is 1. The number of benzene rings is 1. The molecule has 0 aliphatic rings. The van der Waals surface area contributed by atoms with Gasteiger partial charge in [0.05, 0.1) is 5.69 Å². The largest absolute Gasteiger partial charge is 0.378 e. The minimum atomic E-state index is 0.606. The molecule has 2 nitrogen and oxygen atoms in total. The van der Waals surface area contributed by atoms with Crippen molar-refractivity contribution in [2.45, 2.75) is 6.92 Å². The maximum atomic E-state index is 5.68. The zero-order valence-corrected chi connectivity index (χ0v) is 9.73. The van der Waals surface area contributed by atoms with Crippen molar-refractivity contribution < 1.29 is 0 Å². The van der Waals surface area contributed by atoms with Crippen LogP contribution in [0.25, 0.3) is 0 Å². The van der Waals surface area contributed by atoms with Gasteiger partial charge in [0.1, 0.15) is 0 Å². The fourth-order valence-corrected chi connectivity index (χ4v) is 1.67. The smallest absolute Gasteiger partial charge is 0.159 e. The molecule has 4 heteroatoms. The second kappa shape index (κ2) is 5.29. The second-order valence-electron chi connectivity index (χ2n) is 2.33. The van der Waals surface area contributed by atoms with Gasteiger partial charge < -0.3 is 5.73 Å². The van der Waals surface area contributed by atoms with E-state index in [-0.39, 0.29) is 0 Å². The second-order valence-corrected chi connectivity index (χ2v) is 4.47. The lowest BCUT2D eigenvalue weighted by molar-refractivity contribution is 1.47. The summed E-state index contributed by atoms with van der Waals surface area (Å²) in [5.74, 6) is 0.944. The first-order valence-corrected chi connectivity index (χ1v) is 5.73. The molecule has 70 valence electrons. The first-order valence-electron chi connectivity index (χ1n) is 3.95. The number of nitrogens with two attached hydrogens (primary N) is 1. The summed E-state index contributed by atoms with van der Waals surface area (Å²) in [6, 6.07) is 7.76. The molecule has 0 heterocycles. The first kappa shape index (κ1) is 10.6. The lowest BCUT2D eigenvalue weighted by Crippen LogP contribution is -2.05. The molecule has 0 fully saturated rings. The summed E-state index contributed by atoms with van der Waals surface area (Å²) >= 11 is 4.95. The van der Waals surface area contributed by atoms with E-state index in [1.807, 2.05) is 31.2 Å². The molecule has 0 unspecified atom stereocenters. The lowest BCUT2D eigenvalue weighted by atomic mass is 10.3. The average Bonchev–Trinajstić information content (AvgIpc) is 2.09. The van der Waals surface area contributed by atoms with Gasteiger partial charge in [-0.15, -0.1) is 0 Å². The van der Waals surface area contributed by atoms with Gasteiger partial charge in [-0.2, -0.15) is 0 Å². The molecule has 0 spiro atoms. The van der Waals surface area contributed by atoms with Crippen LogP contribution in [-0.2, 0) is 0 Å². The van der Waals surface area contributed by atoms with Crippen molar-refractivity contribution in [3.05, 3.63) is 28.7 Å². The molecule has 0 saturated carbocycles. The molecule has 2 N–H and O–H groups in total. The third kappa shape index (κ3) is 3.40. The normalized spacial score (nSPS) is 11.7. The zero-order chi connectivity index (χ0) is 9.68. The van der Waals surface area contributed by atoms with Gasteiger partial charge in [-0.25, -0.2) is 4.99 Å². The van der Waals surface area contributed by atoms with Crippen LogP contribution in [0, 0.1) is 0 Å². The summed E-state index contributed by atoms with van der Waals surface area (Å²) in [5.41, 5.74) is 6.55. The Morgan fingerprint density at radius 1 is 1.54 bits per heavy atom. The maximum absolute atomic E-state index is 5.68. The number of para-hydroxylation sites is 1. The molecule has 0 amide bonds. The Kier molecular flexibility index (Phi) is 4.32. The van der Waals surface area contributed by atoms with Crippen molar-refractivity contribution in [3.8, 4) is 0 Å². The number of hydrogen-bond acceptors (Lipinski definition) is 2. The van der Waals surface area contributed by atoms with Gasteiger partial charge in [-0.3, -0.25) is 0 Å². The van der Waals surface area contributed by atoms with Gasteiger partial charge in [0.15, 0.2) is 5.17 Å². The zero-order valence-electron chi connectivity index (χ0n) is 7.33. The molecule has 0 atom stereocenters. The molecule has 0 bridgehead atoms. The summed E-state index contributed by atoms with van der Waals surface area (Å²) in [6.45, 7) is 2.05. The minimum Gasteiger partial charge on any atom is -0.378 e. The monoisotopic (exact) mass is 258 g/mol. The van der Waals surface area contributed by atoms with Crippen molar-refractivity contribution in [1.82, 2.24) is 0 Å². The molecular weight excluding hydrogens is 248 g/mol. The first-order chi connectivity index (χ1) is 6.24. The van der Waals surface area contributed by atoms with Crippen molar-refractivity contribution in [2.24, 2.45) is 10.7 Å². The van der Waals surface area contributed by atoms with Crippen molar-refractivity contribution >= 4 is 38.5 Å². The number of nitrogens with zero attached hydrogens (tertiary/aromatic N) is 1. The summed E-state index contributed by atoms with van der Waals surface area (Å²) in [7, 11) is 0. The van der Waals surface area contributed by atoms with Gasteiger partial charge in [0, 0.05) is 4.47 Å². The number of halogens is 1. The summed E-state index contributed by atoms with van der Waals surface area (Å²) in [6.07, 6.45) is 0. The molecule has 1 aromatic rings. The fourth-order valence-electron chi connectivity index (χ4n) is 0.841. The van der Waals surface area contributed by atoms with E-state index in [4.69, 9.17) is 5.73 Å². The fraction of sp³-hybridized carbons (Fsp3) is 0.222. The highest BCUT2D eigenvalue weighted by Crippen LogP contribution is 2.24. The highest BCUT2D eigenvalue weighted by molar-refractivity contribution is 9.10. The van der Waals surface area contributed by atoms with E-state index in [0.29, 0.717) is 5.17 Å². The summed E-state index contributed by atoms with van der Waals surface area (Å²) in [5, 5.41) is 0.606. The van der Waals surface area contributed by atoms with Gasteiger partial charge >= 0.3 is 0 Å². The molecule has 0 aromatic heterocycles. The highest BCUT2D eigenvalue weighted by Gasteiger charge is 1.97. The summed E-state index contributed by atoms with van der Waals surface area (Å²) < 4.78 is 0.967. The Balaban J connectivity index is 2.84. The number of hydrogen-bond donors (Lipinski definition) is 1. The van der Waals surface area contributed by atoms with Gasteiger partial charge in [0.25, 0.3) is 0 Å². The Labute approximate surface area is 90.8 Å². The average molecular weight is 259 g/mol. The Hall–Kier alpha value is -0.480. The summed E-state index contributed by atoms with van der Waals surface area (Å²) in [4.78, 5) is 4.26. The SMILES string of the molecule is CCSC(N)=Nc1ccccc1Br. The van der Waals surface area contributed by atoms with Crippen LogP contribution in [0.2, 0.25) is 0 Å². The van der Waals surface area contributed by atoms with Gasteiger partial charge in [-0.1, -0.05) is 30.8 Å². The van der Waals surface area contributed by atoms with Gasteiger partial charge in [-0.05, 0) is 33.8 Å². The molecule has 13 heavy (non-hydrogen) atoms. The number of amidine groups is 1. The van der Waals surface area contributed by atoms with Gasteiger partial charge in [0.2, 0.25) is 0 Å². The molecule has 0 aliphatic heterocycles. The molecule has 0 aliphatic carbocycles. The van der Waals surface area contributed by atoms with Crippen LogP contribution >= 0.6 is 27.7 Å². The Morgan fingerprint density at radius 3 is 2.85 bits per heavy atom. The van der Waals surface area contributed by atoms with Crippen LogP contribution in [-0.4, -0.2) is 10.9 Å². The topological polar surface area (TPSA) is 38.4 Å².